The number of hydrogen-bond donors (Lipinski definition) is 1. The van der Waals surface area contributed by atoms with Crippen LogP contribution < -0.4 is 5.32 Å². The second kappa shape index (κ2) is 18.1. The maximum absolute atomic E-state index is 13.3. The molecule has 252 valence electrons. The number of para-hydroxylation sites is 1. The Labute approximate surface area is 287 Å². The minimum atomic E-state index is -1.14. The van der Waals surface area contributed by atoms with E-state index in [9.17, 15) is 4.79 Å². The molecule has 0 bridgehead atoms. The van der Waals surface area contributed by atoms with Crippen LogP contribution in [-0.2, 0) is 54.8 Å². The van der Waals surface area contributed by atoms with Crippen LogP contribution in [0.2, 0.25) is 0 Å². The van der Waals surface area contributed by atoms with E-state index in [-0.39, 0.29) is 19.8 Å². The summed E-state index contributed by atoms with van der Waals surface area (Å²) >= 11 is 0. The summed E-state index contributed by atoms with van der Waals surface area (Å²) in [6, 6.07) is 48.7. The third kappa shape index (κ3) is 10.3. The Bertz CT molecular complexity index is 1660. The van der Waals surface area contributed by atoms with Crippen molar-refractivity contribution in [2.75, 3.05) is 11.9 Å². The van der Waals surface area contributed by atoms with Gasteiger partial charge in [0.1, 0.15) is 24.4 Å². The predicted octanol–water partition coefficient (Wildman–Crippen LogP) is 7.93. The first kappa shape index (κ1) is 34.0. The summed E-state index contributed by atoms with van der Waals surface area (Å²) in [5, 5.41) is 2.79. The second-order valence-corrected chi connectivity index (χ2v) is 11.7. The fourth-order valence-electron chi connectivity index (χ4n) is 5.62. The summed E-state index contributed by atoms with van der Waals surface area (Å²) in [5.74, 6) is 0. The number of ether oxygens (including phenoxy) is 6. The quantitative estimate of drug-likeness (QED) is 0.122. The Kier molecular flexibility index (Phi) is 12.6. The summed E-state index contributed by atoms with van der Waals surface area (Å²) in [5.41, 5.74) is 4.54. The molecule has 5 aromatic rings. The standard InChI is InChI=1S/C41H41NO7/c43-41(42-35-24-14-5-15-25-35)49-40-39(47-29-34-22-12-4-13-23-34)38(46-28-33-20-10-3-11-21-33)37(45-27-32-18-8-2-9-19-32)36(48-40)30-44-26-31-16-6-1-7-17-31/h1-25,36-40H,26-30H2,(H,42,43)/t36-,37+,38+,39-,40?/m1/s1. The fraction of sp³-hybridized carbons (Fsp3) is 0.244. The Hall–Kier alpha value is -4.83. The largest absolute Gasteiger partial charge is 0.416 e. The number of amides is 1. The van der Waals surface area contributed by atoms with E-state index in [1.807, 2.05) is 140 Å². The molecule has 49 heavy (non-hydrogen) atoms. The number of benzene rings is 5. The number of carbonyl (C=O) groups is 1. The molecule has 1 unspecified atom stereocenters. The van der Waals surface area contributed by atoms with Crippen LogP contribution in [0.5, 0.6) is 0 Å². The number of rotatable bonds is 15. The average molecular weight is 660 g/mol. The van der Waals surface area contributed by atoms with Gasteiger partial charge in [0.2, 0.25) is 6.29 Å². The molecule has 0 aliphatic carbocycles. The molecule has 0 aromatic heterocycles. The molecule has 5 aromatic carbocycles. The molecule has 1 amide bonds. The highest BCUT2D eigenvalue weighted by Gasteiger charge is 2.50. The first-order valence-electron chi connectivity index (χ1n) is 16.5. The van der Waals surface area contributed by atoms with E-state index in [2.05, 4.69) is 5.32 Å². The van der Waals surface area contributed by atoms with Gasteiger partial charge in [0.25, 0.3) is 0 Å². The van der Waals surface area contributed by atoms with E-state index in [1.165, 1.54) is 0 Å². The van der Waals surface area contributed by atoms with Gasteiger partial charge in [-0.2, -0.15) is 0 Å². The van der Waals surface area contributed by atoms with Crippen LogP contribution in [0, 0.1) is 0 Å². The summed E-state index contributed by atoms with van der Waals surface area (Å²) < 4.78 is 38.7. The molecule has 5 atom stereocenters. The van der Waals surface area contributed by atoms with E-state index in [1.54, 1.807) is 12.1 Å². The molecular formula is C41H41NO7. The van der Waals surface area contributed by atoms with Crippen molar-refractivity contribution in [3.63, 3.8) is 0 Å². The van der Waals surface area contributed by atoms with Crippen molar-refractivity contribution in [3.05, 3.63) is 174 Å². The highest BCUT2D eigenvalue weighted by Crippen LogP contribution is 2.32. The lowest BCUT2D eigenvalue weighted by molar-refractivity contribution is -0.315. The summed E-state index contributed by atoms with van der Waals surface area (Å²) in [4.78, 5) is 13.3. The molecule has 1 N–H and O–H groups in total. The van der Waals surface area contributed by atoms with Crippen molar-refractivity contribution >= 4 is 11.8 Å². The highest BCUT2D eigenvalue weighted by molar-refractivity contribution is 5.84. The lowest BCUT2D eigenvalue weighted by Gasteiger charge is -2.45. The zero-order valence-electron chi connectivity index (χ0n) is 27.2. The normalized spacial score (nSPS) is 20.4. The average Bonchev–Trinajstić information content (AvgIpc) is 3.15. The van der Waals surface area contributed by atoms with Crippen LogP contribution in [0.3, 0.4) is 0 Å². The lowest BCUT2D eigenvalue weighted by Crippen LogP contribution is -2.62. The minimum Gasteiger partial charge on any atom is -0.416 e. The van der Waals surface area contributed by atoms with Gasteiger partial charge in [-0.05, 0) is 34.4 Å². The second-order valence-electron chi connectivity index (χ2n) is 11.7. The molecule has 1 aliphatic rings. The molecule has 1 saturated heterocycles. The minimum absolute atomic E-state index is 0.158. The van der Waals surface area contributed by atoms with Gasteiger partial charge >= 0.3 is 6.09 Å². The van der Waals surface area contributed by atoms with Gasteiger partial charge in [-0.15, -0.1) is 0 Å². The zero-order valence-corrected chi connectivity index (χ0v) is 27.2. The van der Waals surface area contributed by atoms with Gasteiger partial charge in [-0.1, -0.05) is 140 Å². The van der Waals surface area contributed by atoms with E-state index in [0.717, 1.165) is 22.3 Å². The number of hydrogen-bond acceptors (Lipinski definition) is 7. The van der Waals surface area contributed by atoms with Gasteiger partial charge in [0.15, 0.2) is 0 Å². The van der Waals surface area contributed by atoms with E-state index in [4.69, 9.17) is 28.4 Å². The third-order valence-corrected chi connectivity index (χ3v) is 8.08. The van der Waals surface area contributed by atoms with Crippen LogP contribution in [0.25, 0.3) is 0 Å². The van der Waals surface area contributed by atoms with E-state index < -0.39 is 36.8 Å². The third-order valence-electron chi connectivity index (χ3n) is 8.08. The lowest BCUT2D eigenvalue weighted by atomic mass is 9.97. The van der Waals surface area contributed by atoms with Gasteiger partial charge < -0.3 is 28.4 Å². The van der Waals surface area contributed by atoms with Crippen molar-refractivity contribution in [2.45, 2.75) is 57.1 Å². The van der Waals surface area contributed by atoms with Gasteiger partial charge in [0.05, 0.1) is 33.0 Å². The smallest absolute Gasteiger partial charge is 0.414 e. The van der Waals surface area contributed by atoms with E-state index >= 15 is 0 Å². The molecule has 0 saturated carbocycles. The van der Waals surface area contributed by atoms with Gasteiger partial charge in [-0.3, -0.25) is 5.32 Å². The summed E-state index contributed by atoms with van der Waals surface area (Å²) in [6.45, 7) is 1.35. The van der Waals surface area contributed by atoms with Crippen molar-refractivity contribution < 1.29 is 33.2 Å². The van der Waals surface area contributed by atoms with Crippen LogP contribution in [-0.4, -0.2) is 43.4 Å². The topological polar surface area (TPSA) is 84.5 Å². The molecule has 0 radical (unpaired) electrons. The van der Waals surface area contributed by atoms with Crippen LogP contribution in [0.15, 0.2) is 152 Å². The van der Waals surface area contributed by atoms with Crippen molar-refractivity contribution in [1.29, 1.82) is 0 Å². The fourth-order valence-corrected chi connectivity index (χ4v) is 5.62. The summed E-state index contributed by atoms with van der Waals surface area (Å²) in [7, 11) is 0. The van der Waals surface area contributed by atoms with Crippen LogP contribution in [0.1, 0.15) is 22.3 Å². The maximum atomic E-state index is 13.3. The Morgan fingerprint density at radius 3 is 1.41 bits per heavy atom. The van der Waals surface area contributed by atoms with Crippen LogP contribution >= 0.6 is 0 Å². The SMILES string of the molecule is O=C(Nc1ccccc1)OC1O[C@H](COCc2ccccc2)[C@H](OCc2ccccc2)[C@H](OCc2ccccc2)[C@H]1OCc1ccccc1. The van der Waals surface area contributed by atoms with Crippen molar-refractivity contribution in [2.24, 2.45) is 0 Å². The van der Waals surface area contributed by atoms with Gasteiger partial charge in [0, 0.05) is 5.69 Å². The molecule has 6 rings (SSSR count). The van der Waals surface area contributed by atoms with Crippen LogP contribution in [0.4, 0.5) is 10.5 Å². The molecule has 1 aliphatic heterocycles. The first-order valence-corrected chi connectivity index (χ1v) is 16.5. The number of carbonyl (C=O) groups excluding carboxylic acids is 1. The molecule has 1 heterocycles. The van der Waals surface area contributed by atoms with E-state index in [0.29, 0.717) is 18.9 Å². The molecule has 8 nitrogen and oxygen atoms in total. The maximum Gasteiger partial charge on any atom is 0.414 e. The molecule has 1 fully saturated rings. The Morgan fingerprint density at radius 2 is 0.918 bits per heavy atom. The van der Waals surface area contributed by atoms with Crippen molar-refractivity contribution in [3.8, 4) is 0 Å². The molecular weight excluding hydrogens is 618 g/mol. The van der Waals surface area contributed by atoms with Gasteiger partial charge in [-0.25, -0.2) is 4.79 Å². The van der Waals surface area contributed by atoms with Crippen molar-refractivity contribution in [1.82, 2.24) is 0 Å². The number of anilines is 1. The predicted molar refractivity (Wildman–Crippen MR) is 186 cm³/mol. The Balaban J connectivity index is 1.30. The first-order chi connectivity index (χ1) is 24.2. The summed E-state index contributed by atoms with van der Waals surface area (Å²) in [6.07, 6.45) is -4.69. The highest BCUT2D eigenvalue weighted by atomic mass is 16.7. The molecule has 8 heteroatoms. The molecule has 0 spiro atoms. The monoisotopic (exact) mass is 659 g/mol. The zero-order chi connectivity index (χ0) is 33.5. The number of nitrogens with one attached hydrogen (secondary N) is 1. The Morgan fingerprint density at radius 1 is 0.510 bits per heavy atom.